The van der Waals surface area contributed by atoms with E-state index >= 15 is 0 Å². The zero-order valence-corrected chi connectivity index (χ0v) is 19.2. The second kappa shape index (κ2) is 10.0. The molecule has 1 heterocycles. The van der Waals surface area contributed by atoms with Crippen LogP contribution in [-0.4, -0.2) is 63.2 Å². The average Bonchev–Trinajstić information content (AvgIpc) is 3.53. The SMILES string of the molecule is O=C(OCCN1CCOCC1)c1ccc(C(F)(F)F)c(OCOC2CC3CC2C2CCCC32)c1. The van der Waals surface area contributed by atoms with Gasteiger partial charge in [-0.3, -0.25) is 4.90 Å². The smallest absolute Gasteiger partial charge is 0.419 e. The average molecular weight is 484 g/mol. The first-order chi connectivity index (χ1) is 16.4. The van der Waals surface area contributed by atoms with Gasteiger partial charge in [0.2, 0.25) is 0 Å². The van der Waals surface area contributed by atoms with Crippen LogP contribution < -0.4 is 4.74 Å². The van der Waals surface area contributed by atoms with Crippen molar-refractivity contribution < 1.29 is 36.9 Å². The number of nitrogens with zero attached hydrogens (tertiary/aromatic N) is 1. The zero-order chi connectivity index (χ0) is 23.7. The molecule has 5 atom stereocenters. The molecule has 4 fully saturated rings. The second-order valence-electron chi connectivity index (χ2n) is 9.92. The first kappa shape index (κ1) is 23.9. The van der Waals surface area contributed by atoms with E-state index in [0.29, 0.717) is 37.5 Å². The van der Waals surface area contributed by atoms with Crippen LogP contribution in [0.3, 0.4) is 0 Å². The normalized spacial score (nSPS) is 31.0. The number of hydrogen-bond donors (Lipinski definition) is 0. The van der Waals surface area contributed by atoms with Crippen LogP contribution in [0.5, 0.6) is 5.75 Å². The minimum atomic E-state index is -4.60. The van der Waals surface area contributed by atoms with Crippen molar-refractivity contribution in [2.24, 2.45) is 23.7 Å². The number of esters is 1. The van der Waals surface area contributed by atoms with Gasteiger partial charge < -0.3 is 18.9 Å². The maximum absolute atomic E-state index is 13.5. The van der Waals surface area contributed by atoms with E-state index in [-0.39, 0.29) is 25.1 Å². The van der Waals surface area contributed by atoms with Crippen molar-refractivity contribution in [3.63, 3.8) is 0 Å². The quantitative estimate of drug-likeness (QED) is 0.404. The van der Waals surface area contributed by atoms with Gasteiger partial charge in [-0.1, -0.05) is 6.42 Å². The molecule has 34 heavy (non-hydrogen) atoms. The maximum atomic E-state index is 13.5. The van der Waals surface area contributed by atoms with Gasteiger partial charge >= 0.3 is 12.1 Å². The van der Waals surface area contributed by atoms with Crippen LogP contribution in [0.15, 0.2) is 18.2 Å². The lowest BCUT2D eigenvalue weighted by Crippen LogP contribution is -2.38. The lowest BCUT2D eigenvalue weighted by molar-refractivity contribution is -0.140. The lowest BCUT2D eigenvalue weighted by Gasteiger charge is -2.31. The molecule has 3 aliphatic carbocycles. The van der Waals surface area contributed by atoms with Gasteiger partial charge in [0.05, 0.1) is 30.4 Å². The first-order valence-corrected chi connectivity index (χ1v) is 12.3. The number of carbonyl (C=O) groups is 1. The van der Waals surface area contributed by atoms with E-state index in [9.17, 15) is 18.0 Å². The monoisotopic (exact) mass is 483 g/mol. The van der Waals surface area contributed by atoms with Crippen LogP contribution in [0.25, 0.3) is 0 Å². The number of carbonyl (C=O) groups excluding carboxylic acids is 1. The van der Waals surface area contributed by atoms with Crippen LogP contribution >= 0.6 is 0 Å². The Morgan fingerprint density at radius 3 is 2.68 bits per heavy atom. The molecular formula is C25H32F3NO5. The van der Waals surface area contributed by atoms with Crippen LogP contribution in [0.4, 0.5) is 13.2 Å². The highest BCUT2D eigenvalue weighted by atomic mass is 19.4. The van der Waals surface area contributed by atoms with E-state index in [1.54, 1.807) is 0 Å². The van der Waals surface area contributed by atoms with Crippen molar-refractivity contribution in [1.29, 1.82) is 0 Å². The summed E-state index contributed by atoms with van der Waals surface area (Å²) in [6.45, 7) is 3.26. The molecule has 0 aromatic heterocycles. The Balaban J connectivity index is 1.17. The number of alkyl halides is 3. The summed E-state index contributed by atoms with van der Waals surface area (Å²) in [7, 11) is 0. The third-order valence-electron chi connectivity index (χ3n) is 8.13. The summed E-state index contributed by atoms with van der Waals surface area (Å²) >= 11 is 0. The van der Waals surface area contributed by atoms with Gasteiger partial charge in [0.25, 0.3) is 0 Å². The highest BCUT2D eigenvalue weighted by Crippen LogP contribution is 2.59. The first-order valence-electron chi connectivity index (χ1n) is 12.3. The Morgan fingerprint density at radius 2 is 1.88 bits per heavy atom. The molecule has 0 amide bonds. The summed E-state index contributed by atoms with van der Waals surface area (Å²) in [5.74, 6) is 1.61. The number of ether oxygens (including phenoxy) is 4. The van der Waals surface area contributed by atoms with E-state index in [1.807, 2.05) is 0 Å². The molecule has 1 aromatic carbocycles. The number of rotatable bonds is 8. The minimum Gasteiger partial charge on any atom is -0.467 e. The highest BCUT2D eigenvalue weighted by Gasteiger charge is 2.54. The molecule has 9 heteroatoms. The van der Waals surface area contributed by atoms with Crippen LogP contribution in [0.2, 0.25) is 0 Å². The number of halogens is 3. The van der Waals surface area contributed by atoms with Gasteiger partial charge in [-0.2, -0.15) is 13.2 Å². The Morgan fingerprint density at radius 1 is 1.09 bits per heavy atom. The molecule has 188 valence electrons. The van der Waals surface area contributed by atoms with Gasteiger partial charge in [0.1, 0.15) is 12.4 Å². The molecule has 5 unspecified atom stereocenters. The Labute approximate surface area is 197 Å². The fourth-order valence-electron chi connectivity index (χ4n) is 6.56. The highest BCUT2D eigenvalue weighted by molar-refractivity contribution is 5.90. The van der Waals surface area contributed by atoms with Crippen molar-refractivity contribution in [3.8, 4) is 5.75 Å². The summed E-state index contributed by atoms with van der Waals surface area (Å²) in [5.41, 5.74) is -0.900. The van der Waals surface area contributed by atoms with E-state index in [2.05, 4.69) is 4.90 Å². The minimum absolute atomic E-state index is 0.0266. The number of morpholine rings is 1. The van der Waals surface area contributed by atoms with E-state index in [0.717, 1.165) is 43.6 Å². The predicted octanol–water partition coefficient (Wildman–Crippen LogP) is 4.37. The second-order valence-corrected chi connectivity index (χ2v) is 9.92. The fraction of sp³-hybridized carbons (Fsp3) is 0.720. The Hall–Kier alpha value is -1.84. The molecule has 1 aliphatic heterocycles. The lowest BCUT2D eigenvalue weighted by atomic mass is 9.80. The summed E-state index contributed by atoms with van der Waals surface area (Å²) < 4.78 is 62.6. The maximum Gasteiger partial charge on any atom is 0.419 e. The van der Waals surface area contributed by atoms with Gasteiger partial charge in [0, 0.05) is 19.6 Å². The molecule has 0 spiro atoms. The van der Waals surface area contributed by atoms with Gasteiger partial charge in [-0.05, 0) is 67.6 Å². The molecule has 3 saturated carbocycles. The Kier molecular flexibility index (Phi) is 7.04. The molecule has 1 saturated heterocycles. The third-order valence-corrected chi connectivity index (χ3v) is 8.13. The molecule has 6 nitrogen and oxygen atoms in total. The summed E-state index contributed by atoms with van der Waals surface area (Å²) in [6, 6.07) is 3.11. The fourth-order valence-corrected chi connectivity index (χ4v) is 6.56. The molecule has 5 rings (SSSR count). The molecule has 0 N–H and O–H groups in total. The van der Waals surface area contributed by atoms with E-state index in [1.165, 1.54) is 25.7 Å². The van der Waals surface area contributed by atoms with Crippen molar-refractivity contribution in [2.75, 3.05) is 46.2 Å². The van der Waals surface area contributed by atoms with Crippen LogP contribution in [0, 0.1) is 23.7 Å². The third kappa shape index (κ3) is 5.06. The van der Waals surface area contributed by atoms with E-state index < -0.39 is 23.5 Å². The zero-order valence-electron chi connectivity index (χ0n) is 19.2. The number of benzene rings is 1. The molecular weight excluding hydrogens is 451 g/mol. The van der Waals surface area contributed by atoms with Crippen molar-refractivity contribution in [3.05, 3.63) is 29.3 Å². The van der Waals surface area contributed by atoms with Crippen molar-refractivity contribution >= 4 is 5.97 Å². The summed E-state index contributed by atoms with van der Waals surface area (Å²) in [6.07, 6.45) is 1.40. The predicted molar refractivity (Wildman–Crippen MR) is 116 cm³/mol. The number of hydrogen-bond acceptors (Lipinski definition) is 6. The van der Waals surface area contributed by atoms with Crippen molar-refractivity contribution in [1.82, 2.24) is 4.90 Å². The van der Waals surface area contributed by atoms with Crippen molar-refractivity contribution in [2.45, 2.75) is 44.4 Å². The van der Waals surface area contributed by atoms with E-state index in [4.69, 9.17) is 18.9 Å². The molecule has 1 aromatic rings. The van der Waals surface area contributed by atoms with Crippen LogP contribution in [-0.2, 0) is 20.4 Å². The molecule has 4 aliphatic rings. The Bertz CT molecular complexity index is 873. The molecule has 0 radical (unpaired) electrons. The van der Waals surface area contributed by atoms with Gasteiger partial charge in [-0.15, -0.1) is 0 Å². The number of fused-ring (bicyclic) bond motifs is 5. The summed E-state index contributed by atoms with van der Waals surface area (Å²) in [5, 5.41) is 0. The molecule has 2 bridgehead atoms. The van der Waals surface area contributed by atoms with Gasteiger partial charge in [0.15, 0.2) is 6.79 Å². The summed E-state index contributed by atoms with van der Waals surface area (Å²) in [4.78, 5) is 14.6. The largest absolute Gasteiger partial charge is 0.467 e. The van der Waals surface area contributed by atoms with Crippen LogP contribution in [0.1, 0.15) is 48.0 Å². The van der Waals surface area contributed by atoms with Gasteiger partial charge in [-0.25, -0.2) is 4.79 Å². The standard InChI is InChI=1S/C25H32F3NO5/c26-25(27,28)21-5-4-16(24(30)32-11-8-29-6-9-31-10-7-29)13-23(21)34-15-33-22-14-17-12-20(22)19-3-1-2-18(17)19/h4-5,13,17-20,22H,1-3,6-12,14-15H2. The topological polar surface area (TPSA) is 57.2 Å².